The molecule has 0 aliphatic carbocycles. The first-order valence-electron chi connectivity index (χ1n) is 28.5. The van der Waals surface area contributed by atoms with Crippen molar-refractivity contribution in [3.8, 4) is 0 Å². The lowest BCUT2D eigenvalue weighted by Gasteiger charge is -2.25. The number of nitrogens with zero attached hydrogens (tertiary/aromatic N) is 1. The Morgan fingerprint density at radius 3 is 1.25 bits per heavy atom. The fourth-order valence-corrected chi connectivity index (χ4v) is 7.87. The largest absolute Gasteiger partial charge is 0.477 e. The van der Waals surface area contributed by atoms with Crippen molar-refractivity contribution in [3.63, 3.8) is 0 Å². The molecule has 1 N–H and O–H groups in total. The number of rotatable bonds is 52. The Hall–Kier alpha value is -3.01. The van der Waals surface area contributed by atoms with Crippen molar-refractivity contribution in [1.82, 2.24) is 0 Å². The van der Waals surface area contributed by atoms with Crippen LogP contribution in [0.15, 0.2) is 60.8 Å². The van der Waals surface area contributed by atoms with Gasteiger partial charge >= 0.3 is 17.9 Å². The number of likely N-dealkylation sites (N-methyl/N-ethyl adjacent to an activating group) is 1. The molecule has 0 amide bonds. The summed E-state index contributed by atoms with van der Waals surface area (Å²) in [6.45, 7) is 4.73. The van der Waals surface area contributed by atoms with Crippen molar-refractivity contribution in [1.29, 1.82) is 0 Å². The third-order valence-corrected chi connectivity index (χ3v) is 12.3. The molecule has 0 rings (SSSR count). The quantitative estimate of drug-likeness (QED) is 0.0211. The fraction of sp³-hybridized carbons (Fsp3) is 0.783. The molecule has 9 nitrogen and oxygen atoms in total. The van der Waals surface area contributed by atoms with E-state index in [1.807, 2.05) is 21.1 Å². The van der Waals surface area contributed by atoms with Crippen LogP contribution >= 0.6 is 0 Å². The molecule has 0 heterocycles. The summed E-state index contributed by atoms with van der Waals surface area (Å²) in [6.07, 6.45) is 61.8. The zero-order valence-corrected chi connectivity index (χ0v) is 45.5. The van der Waals surface area contributed by atoms with Crippen molar-refractivity contribution >= 4 is 17.9 Å². The van der Waals surface area contributed by atoms with Gasteiger partial charge in [-0.15, -0.1) is 0 Å². The molecule has 9 heteroatoms. The molecule has 0 aromatic heterocycles. The Kier molecular flexibility index (Phi) is 49.1. The Morgan fingerprint density at radius 1 is 0.449 bits per heavy atom. The van der Waals surface area contributed by atoms with E-state index in [9.17, 15) is 19.5 Å². The number of ether oxygens (including phenoxy) is 4. The molecule has 0 aliphatic heterocycles. The van der Waals surface area contributed by atoms with Crippen molar-refractivity contribution in [2.45, 2.75) is 257 Å². The molecule has 0 fully saturated rings. The van der Waals surface area contributed by atoms with Crippen LogP contribution in [0.4, 0.5) is 0 Å². The number of aliphatic carboxylic acids is 1. The zero-order chi connectivity index (χ0) is 50.6. The van der Waals surface area contributed by atoms with Gasteiger partial charge in [0.05, 0.1) is 34.4 Å². The molecule has 69 heavy (non-hydrogen) atoms. The van der Waals surface area contributed by atoms with E-state index in [-0.39, 0.29) is 32.2 Å². The molecule has 2 unspecified atom stereocenters. The number of hydrogen-bond donors (Lipinski definition) is 1. The highest BCUT2D eigenvalue weighted by Crippen LogP contribution is 2.17. The van der Waals surface area contributed by atoms with Crippen molar-refractivity contribution in [2.75, 3.05) is 47.5 Å². The summed E-state index contributed by atoms with van der Waals surface area (Å²) in [5.41, 5.74) is 0. The number of unbranched alkanes of at least 4 members (excludes halogenated alkanes) is 27. The van der Waals surface area contributed by atoms with Crippen molar-refractivity contribution < 1.29 is 42.9 Å². The molecule has 0 saturated heterocycles. The van der Waals surface area contributed by atoms with E-state index >= 15 is 0 Å². The Bertz CT molecular complexity index is 1310. The SMILES string of the molecule is CC/C=C\C/C=C\C/C=C\C/C=C\CCCCCCCCCCCCCCCCCCCCCCC(=O)OC(COC(=O)CCCCCCC/C=C\CCCC)COC(OCC[N+](C)(C)C)C(=O)O. The number of carbonyl (C=O) groups excluding carboxylic acids is 2. The van der Waals surface area contributed by atoms with Gasteiger partial charge in [0.2, 0.25) is 0 Å². The highest BCUT2D eigenvalue weighted by molar-refractivity contribution is 5.71. The molecule has 0 bridgehead atoms. The fourth-order valence-electron chi connectivity index (χ4n) is 7.87. The van der Waals surface area contributed by atoms with E-state index in [1.54, 1.807) is 0 Å². The summed E-state index contributed by atoms with van der Waals surface area (Å²) in [6, 6.07) is 0. The van der Waals surface area contributed by atoms with Gasteiger partial charge < -0.3 is 28.5 Å². The highest BCUT2D eigenvalue weighted by atomic mass is 16.7. The van der Waals surface area contributed by atoms with Gasteiger partial charge in [-0.25, -0.2) is 4.79 Å². The first-order chi connectivity index (χ1) is 33.6. The Labute approximate surface area is 425 Å². The number of quaternary nitrogens is 1. The number of hydrogen-bond acceptors (Lipinski definition) is 7. The van der Waals surface area contributed by atoms with Crippen LogP contribution in [0, 0.1) is 0 Å². The van der Waals surface area contributed by atoms with Crippen LogP contribution in [0.1, 0.15) is 245 Å². The number of carboxylic acids is 1. The second-order valence-corrected chi connectivity index (χ2v) is 20.2. The second-order valence-electron chi connectivity index (χ2n) is 20.2. The molecular formula is C60H108NO8+. The van der Waals surface area contributed by atoms with Gasteiger partial charge in [-0.2, -0.15) is 0 Å². The highest BCUT2D eigenvalue weighted by Gasteiger charge is 2.25. The summed E-state index contributed by atoms with van der Waals surface area (Å²) in [5.74, 6) is -2.01. The smallest absolute Gasteiger partial charge is 0.361 e. The average Bonchev–Trinajstić information content (AvgIpc) is 3.31. The van der Waals surface area contributed by atoms with Crippen LogP contribution in [0.3, 0.4) is 0 Å². The lowest BCUT2D eigenvalue weighted by atomic mass is 10.0. The molecule has 0 aromatic rings. The van der Waals surface area contributed by atoms with E-state index in [2.05, 4.69) is 74.6 Å². The van der Waals surface area contributed by atoms with E-state index < -0.39 is 24.3 Å². The number of allylic oxidation sites excluding steroid dienone is 10. The van der Waals surface area contributed by atoms with Crippen LogP contribution < -0.4 is 0 Å². The molecule has 2 atom stereocenters. The van der Waals surface area contributed by atoms with Crippen LogP contribution in [-0.4, -0.2) is 87.4 Å². The summed E-state index contributed by atoms with van der Waals surface area (Å²) in [7, 11) is 5.96. The lowest BCUT2D eigenvalue weighted by Crippen LogP contribution is -2.40. The van der Waals surface area contributed by atoms with Crippen molar-refractivity contribution in [2.24, 2.45) is 0 Å². The standard InChI is InChI=1S/C60H107NO8/c1-6-8-10-12-14-16-18-19-20-21-22-23-24-25-26-27-28-29-30-31-32-33-34-35-36-37-38-39-41-43-45-47-49-51-58(63)69-56(55-68-60(59(64)65)66-53-52-61(3,4)5)54-67-57(62)50-48-46-44-42-40-17-15-13-11-9-7-2/h8,10,13-16,19-20,22-23,56,60H,6-7,9,11-12,17-18,21,24-55H2,1-5H3/p+1/b10-8-,15-13-,16-14-,20-19-,23-22-. The first kappa shape index (κ1) is 66.0. The maximum Gasteiger partial charge on any atom is 0.361 e. The van der Waals surface area contributed by atoms with Crippen LogP contribution in [0.2, 0.25) is 0 Å². The van der Waals surface area contributed by atoms with Gasteiger partial charge in [-0.05, 0) is 70.6 Å². The minimum Gasteiger partial charge on any atom is -0.477 e. The number of esters is 2. The molecule has 0 aromatic carbocycles. The maximum absolute atomic E-state index is 12.8. The van der Waals surface area contributed by atoms with Gasteiger partial charge in [-0.3, -0.25) is 9.59 Å². The van der Waals surface area contributed by atoms with E-state index in [0.717, 1.165) is 89.9 Å². The zero-order valence-electron chi connectivity index (χ0n) is 45.5. The molecule has 0 spiro atoms. The first-order valence-corrected chi connectivity index (χ1v) is 28.5. The van der Waals surface area contributed by atoms with Gasteiger partial charge in [0, 0.05) is 12.8 Å². The van der Waals surface area contributed by atoms with Gasteiger partial charge in [0.1, 0.15) is 13.2 Å². The Morgan fingerprint density at radius 2 is 0.826 bits per heavy atom. The van der Waals surface area contributed by atoms with Gasteiger partial charge in [-0.1, -0.05) is 222 Å². The molecule has 0 radical (unpaired) electrons. The summed E-state index contributed by atoms with van der Waals surface area (Å²) < 4.78 is 22.8. The predicted octanol–water partition coefficient (Wildman–Crippen LogP) is 16.5. The molecular weight excluding hydrogens is 863 g/mol. The summed E-state index contributed by atoms with van der Waals surface area (Å²) >= 11 is 0. The van der Waals surface area contributed by atoms with E-state index in [4.69, 9.17) is 18.9 Å². The van der Waals surface area contributed by atoms with E-state index in [1.165, 1.54) is 128 Å². The van der Waals surface area contributed by atoms with Crippen LogP contribution in [0.25, 0.3) is 0 Å². The molecule has 0 aliphatic rings. The Balaban J connectivity index is 4.04. The summed E-state index contributed by atoms with van der Waals surface area (Å²) in [4.78, 5) is 37.2. The average molecular weight is 972 g/mol. The molecule has 400 valence electrons. The predicted molar refractivity (Wildman–Crippen MR) is 290 cm³/mol. The van der Waals surface area contributed by atoms with Gasteiger partial charge in [0.15, 0.2) is 6.10 Å². The summed E-state index contributed by atoms with van der Waals surface area (Å²) in [5, 5.41) is 9.67. The van der Waals surface area contributed by atoms with Gasteiger partial charge in [0.25, 0.3) is 6.29 Å². The van der Waals surface area contributed by atoms with Crippen LogP contribution in [-0.2, 0) is 33.3 Å². The molecule has 0 saturated carbocycles. The minimum absolute atomic E-state index is 0.185. The van der Waals surface area contributed by atoms with Crippen molar-refractivity contribution in [3.05, 3.63) is 60.8 Å². The van der Waals surface area contributed by atoms with E-state index in [0.29, 0.717) is 17.4 Å². The number of carboxylic acid groups (broad SMARTS) is 1. The third kappa shape index (κ3) is 52.6. The van der Waals surface area contributed by atoms with Crippen LogP contribution in [0.5, 0.6) is 0 Å². The minimum atomic E-state index is -1.51. The number of carbonyl (C=O) groups is 3. The lowest BCUT2D eigenvalue weighted by molar-refractivity contribution is -0.870. The normalized spacial score (nSPS) is 13.2. The second kappa shape index (κ2) is 51.3. The maximum atomic E-state index is 12.8. The topological polar surface area (TPSA) is 108 Å². The third-order valence-electron chi connectivity index (χ3n) is 12.3. The monoisotopic (exact) mass is 971 g/mol.